The number of hydrogen-bond acceptors (Lipinski definition) is 6. The van der Waals surface area contributed by atoms with Crippen molar-refractivity contribution in [2.24, 2.45) is 10.9 Å². The van der Waals surface area contributed by atoms with Gasteiger partial charge in [0.2, 0.25) is 0 Å². The number of carbonyl (C=O) groups excluding carboxylic acids is 1. The van der Waals surface area contributed by atoms with Crippen LogP contribution in [-0.2, 0) is 9.53 Å². The van der Waals surface area contributed by atoms with Gasteiger partial charge in [0.1, 0.15) is 11.7 Å². The number of hydrogen-bond donors (Lipinski definition) is 1. The highest BCUT2D eigenvalue weighted by molar-refractivity contribution is 7.99. The molecule has 2 unspecified atom stereocenters. The Labute approximate surface area is 166 Å². The molecular formula is C20H22FN3O3S. The number of esters is 1. The average molecular weight is 403 g/mol. The summed E-state index contributed by atoms with van der Waals surface area (Å²) in [5.74, 6) is -1.39. The van der Waals surface area contributed by atoms with Crippen molar-refractivity contribution in [1.29, 1.82) is 0 Å². The van der Waals surface area contributed by atoms with E-state index in [1.54, 1.807) is 26.0 Å². The first-order valence-corrected chi connectivity index (χ1v) is 10.2. The molecule has 0 aliphatic carbocycles. The highest BCUT2D eigenvalue weighted by Crippen LogP contribution is 2.40. The van der Waals surface area contributed by atoms with Gasteiger partial charge in [-0.15, -0.1) is 0 Å². The molecule has 3 rings (SSSR count). The zero-order chi connectivity index (χ0) is 20.3. The molecule has 1 aliphatic rings. The van der Waals surface area contributed by atoms with Crippen molar-refractivity contribution in [3.63, 3.8) is 0 Å². The Morgan fingerprint density at radius 3 is 2.82 bits per heavy atom. The molecule has 2 atom stereocenters. The second kappa shape index (κ2) is 8.68. The summed E-state index contributed by atoms with van der Waals surface area (Å²) in [6, 6.07) is 5.90. The number of thioether (sulfide) groups is 1. The van der Waals surface area contributed by atoms with Crippen LogP contribution in [0.5, 0.6) is 0 Å². The third-order valence-corrected chi connectivity index (χ3v) is 5.56. The molecule has 1 aliphatic heterocycles. The van der Waals surface area contributed by atoms with Crippen LogP contribution in [-0.4, -0.2) is 34.0 Å². The van der Waals surface area contributed by atoms with E-state index in [-0.39, 0.29) is 23.5 Å². The summed E-state index contributed by atoms with van der Waals surface area (Å²) >= 11 is 1.44. The molecule has 2 aromatic rings. The minimum atomic E-state index is -0.814. The van der Waals surface area contributed by atoms with Crippen LogP contribution in [0.2, 0.25) is 0 Å². The Balaban J connectivity index is 2.19. The normalized spacial score (nSPS) is 18.4. The highest BCUT2D eigenvalue weighted by Gasteiger charge is 2.41. The number of aliphatic imine (C=N–C) groups is 1. The van der Waals surface area contributed by atoms with Crippen molar-refractivity contribution < 1.29 is 13.9 Å². The van der Waals surface area contributed by atoms with Crippen LogP contribution in [0.1, 0.15) is 44.2 Å². The summed E-state index contributed by atoms with van der Waals surface area (Å²) in [4.78, 5) is 37.3. The number of carbonyl (C=O) groups is 1. The predicted octanol–water partition coefficient (Wildman–Crippen LogP) is 3.83. The van der Waals surface area contributed by atoms with Gasteiger partial charge in [0.05, 0.1) is 12.2 Å². The number of aromatic amines is 1. The summed E-state index contributed by atoms with van der Waals surface area (Å²) in [6.45, 7) is 5.66. The fourth-order valence-corrected chi connectivity index (χ4v) is 4.04. The molecule has 0 fully saturated rings. The molecule has 0 radical (unpaired) electrons. The maximum atomic E-state index is 13.9. The number of aromatic nitrogens is 2. The van der Waals surface area contributed by atoms with Crippen molar-refractivity contribution >= 4 is 29.3 Å². The van der Waals surface area contributed by atoms with E-state index in [1.165, 1.54) is 23.9 Å². The van der Waals surface area contributed by atoms with Crippen LogP contribution in [0.25, 0.3) is 0 Å². The summed E-state index contributed by atoms with van der Waals surface area (Å²) in [5, 5.41) is 0.481. The Bertz CT molecular complexity index is 973. The van der Waals surface area contributed by atoms with E-state index >= 15 is 0 Å². The van der Waals surface area contributed by atoms with Gasteiger partial charge < -0.3 is 9.72 Å². The topological polar surface area (TPSA) is 84.4 Å². The van der Waals surface area contributed by atoms with E-state index in [2.05, 4.69) is 15.0 Å². The lowest BCUT2D eigenvalue weighted by molar-refractivity contribution is -0.146. The zero-order valence-electron chi connectivity index (χ0n) is 16.0. The van der Waals surface area contributed by atoms with Gasteiger partial charge in [0.15, 0.2) is 11.0 Å². The lowest BCUT2D eigenvalue weighted by atomic mass is 9.77. The van der Waals surface area contributed by atoms with Crippen LogP contribution in [0.3, 0.4) is 0 Å². The number of benzene rings is 1. The van der Waals surface area contributed by atoms with E-state index in [0.717, 1.165) is 12.2 Å². The van der Waals surface area contributed by atoms with Crippen molar-refractivity contribution in [3.05, 3.63) is 51.6 Å². The molecule has 2 heterocycles. The van der Waals surface area contributed by atoms with E-state index in [4.69, 9.17) is 4.74 Å². The third-order valence-electron chi connectivity index (χ3n) is 4.48. The predicted molar refractivity (Wildman–Crippen MR) is 107 cm³/mol. The monoisotopic (exact) mass is 403 g/mol. The van der Waals surface area contributed by atoms with Crippen LogP contribution < -0.4 is 5.56 Å². The number of ether oxygens (including phenoxy) is 1. The number of nitrogens with one attached hydrogen (secondary N) is 1. The first-order valence-electron chi connectivity index (χ1n) is 9.20. The molecule has 148 valence electrons. The maximum absolute atomic E-state index is 13.9. The first kappa shape index (κ1) is 20.3. The Morgan fingerprint density at radius 2 is 2.14 bits per heavy atom. The van der Waals surface area contributed by atoms with Crippen molar-refractivity contribution in [3.8, 4) is 0 Å². The molecule has 0 saturated carbocycles. The summed E-state index contributed by atoms with van der Waals surface area (Å²) in [6.07, 6.45) is 0.935. The van der Waals surface area contributed by atoms with Gasteiger partial charge in [-0.05, 0) is 38.0 Å². The Kier molecular flexibility index (Phi) is 6.28. The van der Waals surface area contributed by atoms with Gasteiger partial charge in [-0.3, -0.25) is 9.59 Å². The lowest BCUT2D eigenvalue weighted by Crippen LogP contribution is -2.37. The quantitative estimate of drug-likeness (QED) is 0.450. The molecular weight excluding hydrogens is 381 g/mol. The smallest absolute Gasteiger partial charge is 0.315 e. The van der Waals surface area contributed by atoms with Crippen LogP contribution in [0.4, 0.5) is 10.2 Å². The maximum Gasteiger partial charge on any atom is 0.315 e. The molecule has 0 saturated heterocycles. The highest BCUT2D eigenvalue weighted by atomic mass is 32.2. The van der Waals surface area contributed by atoms with Gasteiger partial charge >= 0.3 is 5.97 Å². The van der Waals surface area contributed by atoms with Crippen LogP contribution in [0.15, 0.2) is 39.2 Å². The second-order valence-electron chi connectivity index (χ2n) is 6.47. The minimum absolute atomic E-state index is 0.201. The summed E-state index contributed by atoms with van der Waals surface area (Å²) < 4.78 is 19.1. The molecule has 1 N–H and O–H groups in total. The van der Waals surface area contributed by atoms with Gasteiger partial charge in [-0.1, -0.05) is 30.8 Å². The van der Waals surface area contributed by atoms with Crippen LogP contribution >= 0.6 is 11.8 Å². The summed E-state index contributed by atoms with van der Waals surface area (Å²) in [5.41, 5.74) is 0.887. The Hall–Kier alpha value is -2.48. The van der Waals surface area contributed by atoms with E-state index < -0.39 is 23.6 Å². The minimum Gasteiger partial charge on any atom is -0.465 e. The first-order chi connectivity index (χ1) is 13.5. The van der Waals surface area contributed by atoms with Crippen molar-refractivity contribution in [2.45, 2.75) is 38.3 Å². The number of halogens is 1. The summed E-state index contributed by atoms with van der Waals surface area (Å²) in [7, 11) is 0. The number of nitrogens with zero attached hydrogens (tertiary/aromatic N) is 2. The number of H-pyrrole nitrogens is 1. The van der Waals surface area contributed by atoms with Gasteiger partial charge in [0.25, 0.3) is 5.56 Å². The van der Waals surface area contributed by atoms with E-state index in [9.17, 15) is 14.0 Å². The molecule has 28 heavy (non-hydrogen) atoms. The largest absolute Gasteiger partial charge is 0.465 e. The van der Waals surface area contributed by atoms with Crippen LogP contribution in [0, 0.1) is 11.7 Å². The third kappa shape index (κ3) is 4.01. The molecule has 6 nitrogen and oxygen atoms in total. The molecule has 1 aromatic carbocycles. The molecule has 8 heteroatoms. The molecule has 0 bridgehead atoms. The fourth-order valence-electron chi connectivity index (χ4n) is 3.33. The van der Waals surface area contributed by atoms with E-state index in [1.807, 2.05) is 6.92 Å². The second-order valence-corrected chi connectivity index (χ2v) is 7.56. The number of fused-ring (bicyclic) bond motifs is 1. The SMILES string of the molecule is CCCSc1nc2c(c(=O)[nH]1)C(c1cccc(F)c1)C(C(=O)OCC)C(C)=N2. The standard InChI is InChI=1S/C20H22FN3O3S/c1-4-9-28-20-23-17-16(18(25)24-20)15(12-7-6-8-13(21)10-12)14(11(3)22-17)19(26)27-5-2/h6-8,10,14-15H,4-5,9H2,1-3H3,(H,23,24,25). The molecule has 1 aromatic heterocycles. The van der Waals surface area contributed by atoms with Gasteiger partial charge in [-0.2, -0.15) is 0 Å². The average Bonchev–Trinajstić information content (AvgIpc) is 2.65. The van der Waals surface area contributed by atoms with Crippen molar-refractivity contribution in [1.82, 2.24) is 9.97 Å². The van der Waals surface area contributed by atoms with Gasteiger partial charge in [-0.25, -0.2) is 14.4 Å². The van der Waals surface area contributed by atoms with E-state index in [0.29, 0.717) is 16.4 Å². The van der Waals surface area contributed by atoms with Gasteiger partial charge in [0, 0.05) is 17.4 Å². The molecule has 0 spiro atoms. The Morgan fingerprint density at radius 1 is 1.36 bits per heavy atom. The lowest BCUT2D eigenvalue weighted by Gasteiger charge is -2.30. The zero-order valence-corrected chi connectivity index (χ0v) is 16.8. The molecule has 0 amide bonds. The fraction of sp³-hybridized carbons (Fsp3) is 0.400. The van der Waals surface area contributed by atoms with Crippen molar-refractivity contribution in [2.75, 3.05) is 12.4 Å². The number of rotatable bonds is 6.